The summed E-state index contributed by atoms with van der Waals surface area (Å²) in [6.45, 7) is 0. The Morgan fingerprint density at radius 3 is 2.79 bits per heavy atom. The van der Waals surface area contributed by atoms with E-state index in [1.165, 1.54) is 6.20 Å². The average molecular weight is 214 g/mol. The van der Waals surface area contributed by atoms with Gasteiger partial charge in [-0.25, -0.2) is 4.98 Å². The van der Waals surface area contributed by atoms with Crippen LogP contribution in [0.1, 0.15) is 24.8 Å². The first-order valence-corrected chi connectivity index (χ1v) is 4.96. The molecule has 76 valence electrons. The van der Waals surface area contributed by atoms with Crippen molar-refractivity contribution in [2.24, 2.45) is 0 Å². The molecule has 1 aliphatic carbocycles. The average Bonchev–Trinajstić information content (AvgIpc) is 2.15. The lowest BCUT2D eigenvalue weighted by atomic mass is 9.75. The molecule has 2 rings (SSSR count). The first-order valence-electron chi connectivity index (χ1n) is 4.58. The topological polar surface area (TPSA) is 42.4 Å². The molecule has 1 aromatic rings. The maximum Gasteiger partial charge on any atom is 0.213 e. The van der Waals surface area contributed by atoms with Crippen LogP contribution >= 0.6 is 11.6 Å². The summed E-state index contributed by atoms with van der Waals surface area (Å²) in [6, 6.07) is 1.71. The maximum atomic E-state index is 10.1. The number of pyridine rings is 1. The molecule has 0 aromatic carbocycles. The number of nitrogens with zero attached hydrogens (tertiary/aromatic N) is 1. The van der Waals surface area contributed by atoms with Crippen LogP contribution in [0.25, 0.3) is 0 Å². The number of halogens is 1. The Morgan fingerprint density at radius 1 is 1.57 bits per heavy atom. The Bertz CT molecular complexity index is 350. The van der Waals surface area contributed by atoms with Crippen LogP contribution in [0.4, 0.5) is 0 Å². The SMILES string of the molecule is COc1cc(C2(O)CCC2)c(Cl)cn1. The molecule has 1 aliphatic rings. The zero-order valence-electron chi connectivity index (χ0n) is 7.96. The Labute approximate surface area is 87.7 Å². The Morgan fingerprint density at radius 2 is 2.29 bits per heavy atom. The van der Waals surface area contributed by atoms with Gasteiger partial charge < -0.3 is 9.84 Å². The van der Waals surface area contributed by atoms with Gasteiger partial charge in [0.2, 0.25) is 5.88 Å². The molecule has 1 saturated carbocycles. The minimum atomic E-state index is -0.757. The second kappa shape index (κ2) is 3.41. The summed E-state index contributed by atoms with van der Waals surface area (Å²) in [7, 11) is 1.55. The number of aromatic nitrogens is 1. The van der Waals surface area contributed by atoms with Gasteiger partial charge in [-0.3, -0.25) is 0 Å². The molecule has 1 N–H and O–H groups in total. The lowest BCUT2D eigenvalue weighted by Crippen LogP contribution is -2.34. The molecule has 1 heterocycles. The molecule has 0 spiro atoms. The van der Waals surface area contributed by atoms with E-state index in [4.69, 9.17) is 16.3 Å². The number of hydrogen-bond acceptors (Lipinski definition) is 3. The van der Waals surface area contributed by atoms with Gasteiger partial charge in [-0.05, 0) is 19.3 Å². The lowest BCUT2D eigenvalue weighted by Gasteiger charge is -2.37. The van der Waals surface area contributed by atoms with Crippen molar-refractivity contribution in [1.29, 1.82) is 0 Å². The third-order valence-electron chi connectivity index (χ3n) is 2.72. The quantitative estimate of drug-likeness (QED) is 0.818. The van der Waals surface area contributed by atoms with Crippen LogP contribution in [0.3, 0.4) is 0 Å². The summed E-state index contributed by atoms with van der Waals surface area (Å²) in [4.78, 5) is 3.96. The highest BCUT2D eigenvalue weighted by Crippen LogP contribution is 2.44. The fourth-order valence-corrected chi connectivity index (χ4v) is 1.95. The molecule has 3 nitrogen and oxygen atoms in total. The molecule has 0 atom stereocenters. The highest BCUT2D eigenvalue weighted by Gasteiger charge is 2.38. The molecule has 14 heavy (non-hydrogen) atoms. The highest BCUT2D eigenvalue weighted by atomic mass is 35.5. The van der Waals surface area contributed by atoms with Crippen molar-refractivity contribution in [1.82, 2.24) is 4.98 Å². The van der Waals surface area contributed by atoms with Crippen molar-refractivity contribution in [3.05, 3.63) is 22.8 Å². The molecular weight excluding hydrogens is 202 g/mol. The Kier molecular flexibility index (Phi) is 2.37. The summed E-state index contributed by atoms with van der Waals surface area (Å²) in [5, 5.41) is 10.6. The van der Waals surface area contributed by atoms with Crippen LogP contribution in [0.5, 0.6) is 5.88 Å². The maximum absolute atomic E-state index is 10.1. The Balaban J connectivity index is 2.40. The van der Waals surface area contributed by atoms with E-state index in [0.29, 0.717) is 10.9 Å². The predicted octanol–water partition coefficient (Wildman–Crippen LogP) is 2.12. The molecule has 0 amide bonds. The van der Waals surface area contributed by atoms with Crippen LogP contribution in [-0.4, -0.2) is 17.2 Å². The largest absolute Gasteiger partial charge is 0.481 e. The normalized spacial score (nSPS) is 18.8. The smallest absolute Gasteiger partial charge is 0.213 e. The van der Waals surface area contributed by atoms with E-state index in [1.807, 2.05) is 0 Å². The molecular formula is C10H12ClNO2. The summed E-state index contributed by atoms with van der Waals surface area (Å²) < 4.78 is 4.99. The van der Waals surface area contributed by atoms with Gasteiger partial charge >= 0.3 is 0 Å². The van der Waals surface area contributed by atoms with Crippen molar-refractivity contribution in [3.8, 4) is 5.88 Å². The standard InChI is InChI=1S/C10H12ClNO2/c1-14-9-5-7(8(11)6-12-9)10(13)3-2-4-10/h5-6,13H,2-4H2,1H3. The molecule has 0 aliphatic heterocycles. The van der Waals surface area contributed by atoms with Crippen molar-refractivity contribution in [2.45, 2.75) is 24.9 Å². The van der Waals surface area contributed by atoms with Crippen molar-refractivity contribution < 1.29 is 9.84 Å². The zero-order chi connectivity index (χ0) is 10.2. The van der Waals surface area contributed by atoms with Gasteiger partial charge in [0, 0.05) is 17.8 Å². The van der Waals surface area contributed by atoms with Crippen LogP contribution in [-0.2, 0) is 5.60 Å². The molecule has 1 fully saturated rings. The number of aliphatic hydroxyl groups is 1. The number of methoxy groups -OCH3 is 1. The second-order valence-corrected chi connectivity index (χ2v) is 4.00. The lowest BCUT2D eigenvalue weighted by molar-refractivity contribution is -0.0389. The number of ether oxygens (including phenoxy) is 1. The molecule has 0 radical (unpaired) electrons. The van der Waals surface area contributed by atoms with Gasteiger partial charge in [0.25, 0.3) is 0 Å². The summed E-state index contributed by atoms with van der Waals surface area (Å²) >= 11 is 5.97. The third-order valence-corrected chi connectivity index (χ3v) is 3.02. The van der Waals surface area contributed by atoms with Crippen LogP contribution in [0.15, 0.2) is 12.3 Å². The van der Waals surface area contributed by atoms with Crippen LogP contribution < -0.4 is 4.74 Å². The van der Waals surface area contributed by atoms with Gasteiger partial charge in [0.05, 0.1) is 17.7 Å². The Hall–Kier alpha value is -0.800. The van der Waals surface area contributed by atoms with Gasteiger partial charge in [-0.15, -0.1) is 0 Å². The minimum absolute atomic E-state index is 0.490. The molecule has 1 aromatic heterocycles. The molecule has 0 unspecified atom stereocenters. The van der Waals surface area contributed by atoms with Gasteiger partial charge in [-0.1, -0.05) is 11.6 Å². The van der Waals surface area contributed by atoms with Crippen molar-refractivity contribution >= 4 is 11.6 Å². The van der Waals surface area contributed by atoms with E-state index in [1.54, 1.807) is 13.2 Å². The van der Waals surface area contributed by atoms with Gasteiger partial charge in [0.1, 0.15) is 0 Å². The van der Waals surface area contributed by atoms with E-state index in [9.17, 15) is 5.11 Å². The second-order valence-electron chi connectivity index (χ2n) is 3.59. The number of hydrogen-bond donors (Lipinski definition) is 1. The minimum Gasteiger partial charge on any atom is -0.481 e. The predicted molar refractivity (Wildman–Crippen MR) is 53.5 cm³/mol. The molecule has 0 saturated heterocycles. The summed E-state index contributed by atoms with van der Waals surface area (Å²) in [6.07, 6.45) is 4.09. The van der Waals surface area contributed by atoms with E-state index in [2.05, 4.69) is 4.98 Å². The first kappa shape index (κ1) is 9.74. The monoisotopic (exact) mass is 213 g/mol. The fraction of sp³-hybridized carbons (Fsp3) is 0.500. The zero-order valence-corrected chi connectivity index (χ0v) is 8.71. The first-order chi connectivity index (χ1) is 6.65. The van der Waals surface area contributed by atoms with E-state index in [-0.39, 0.29) is 0 Å². The van der Waals surface area contributed by atoms with Crippen LogP contribution in [0.2, 0.25) is 5.02 Å². The van der Waals surface area contributed by atoms with E-state index >= 15 is 0 Å². The van der Waals surface area contributed by atoms with E-state index < -0.39 is 5.60 Å². The van der Waals surface area contributed by atoms with Crippen molar-refractivity contribution in [2.75, 3.05) is 7.11 Å². The fourth-order valence-electron chi connectivity index (χ4n) is 1.67. The highest BCUT2D eigenvalue weighted by molar-refractivity contribution is 6.31. The third kappa shape index (κ3) is 1.47. The van der Waals surface area contributed by atoms with E-state index in [0.717, 1.165) is 24.8 Å². The van der Waals surface area contributed by atoms with Gasteiger partial charge in [-0.2, -0.15) is 0 Å². The van der Waals surface area contributed by atoms with Gasteiger partial charge in [0.15, 0.2) is 0 Å². The number of rotatable bonds is 2. The molecule has 0 bridgehead atoms. The van der Waals surface area contributed by atoms with Crippen LogP contribution in [0, 0.1) is 0 Å². The summed E-state index contributed by atoms with van der Waals surface area (Å²) in [5.41, 5.74) is -0.0231. The summed E-state index contributed by atoms with van der Waals surface area (Å²) in [5.74, 6) is 0.490. The molecule has 4 heteroatoms. The van der Waals surface area contributed by atoms with Crippen molar-refractivity contribution in [3.63, 3.8) is 0 Å².